The largest absolute Gasteiger partial charge is 0.312 e. The Bertz CT molecular complexity index is 373. The van der Waals surface area contributed by atoms with Crippen molar-refractivity contribution in [1.82, 2.24) is 0 Å². The number of aryl methyl sites for hydroxylation is 1. The number of fused-ring (bicyclic) bond motifs is 1. The molecule has 0 bridgehead atoms. The quantitative estimate of drug-likeness (QED) is 0.761. The smallest absolute Gasteiger partial charge is 0.226 e. The molecule has 0 spiro atoms. The first-order valence-corrected chi connectivity index (χ1v) is 6.21. The number of amides is 1. The molecule has 1 aromatic rings. The predicted octanol–water partition coefficient (Wildman–Crippen LogP) is 3.16. The van der Waals surface area contributed by atoms with E-state index < -0.39 is 0 Å². The van der Waals surface area contributed by atoms with Gasteiger partial charge in [-0.3, -0.25) is 4.79 Å². The van der Waals surface area contributed by atoms with Crippen LogP contribution in [-0.2, 0) is 11.2 Å². The molecular weight excluding hydrogens is 198 g/mol. The van der Waals surface area contributed by atoms with Gasteiger partial charge in [0.05, 0.1) is 0 Å². The number of rotatable bonds is 3. The first kappa shape index (κ1) is 11.2. The lowest BCUT2D eigenvalue weighted by Gasteiger charge is -2.29. The zero-order valence-corrected chi connectivity index (χ0v) is 9.91. The maximum absolute atomic E-state index is 12.0. The van der Waals surface area contributed by atoms with Crippen LogP contribution in [-0.4, -0.2) is 12.5 Å². The normalized spacial score (nSPS) is 14.7. The Labute approximate surface area is 97.3 Å². The van der Waals surface area contributed by atoms with Crippen LogP contribution in [0.4, 0.5) is 5.69 Å². The molecular formula is C14H19NO. The van der Waals surface area contributed by atoms with E-state index in [1.807, 2.05) is 11.0 Å². The molecule has 16 heavy (non-hydrogen) atoms. The van der Waals surface area contributed by atoms with Gasteiger partial charge in [0.25, 0.3) is 0 Å². The molecule has 1 aliphatic rings. The Morgan fingerprint density at radius 3 is 3.00 bits per heavy atom. The predicted molar refractivity (Wildman–Crippen MR) is 66.6 cm³/mol. The molecule has 0 saturated carbocycles. The van der Waals surface area contributed by atoms with Crippen molar-refractivity contribution in [2.75, 3.05) is 11.4 Å². The van der Waals surface area contributed by atoms with Crippen molar-refractivity contribution in [3.63, 3.8) is 0 Å². The molecule has 0 unspecified atom stereocenters. The molecule has 0 aromatic heterocycles. The Balaban J connectivity index is 2.15. The number of carbonyl (C=O) groups is 1. The van der Waals surface area contributed by atoms with Crippen LogP contribution in [0.15, 0.2) is 24.3 Å². The number of para-hydroxylation sites is 1. The molecule has 0 atom stereocenters. The number of anilines is 1. The lowest BCUT2D eigenvalue weighted by molar-refractivity contribution is -0.118. The summed E-state index contributed by atoms with van der Waals surface area (Å²) in [5.41, 5.74) is 2.45. The van der Waals surface area contributed by atoms with Crippen LogP contribution in [0.5, 0.6) is 0 Å². The summed E-state index contributed by atoms with van der Waals surface area (Å²) < 4.78 is 0. The average molecular weight is 217 g/mol. The van der Waals surface area contributed by atoms with Gasteiger partial charge in [0.1, 0.15) is 0 Å². The van der Waals surface area contributed by atoms with Crippen molar-refractivity contribution in [3.05, 3.63) is 29.8 Å². The molecule has 1 heterocycles. The van der Waals surface area contributed by atoms with Crippen LogP contribution in [0.25, 0.3) is 0 Å². The van der Waals surface area contributed by atoms with Gasteiger partial charge in [-0.25, -0.2) is 0 Å². The van der Waals surface area contributed by atoms with E-state index in [9.17, 15) is 4.79 Å². The van der Waals surface area contributed by atoms with E-state index in [0.717, 1.165) is 37.9 Å². The minimum Gasteiger partial charge on any atom is -0.312 e. The fourth-order valence-corrected chi connectivity index (χ4v) is 2.26. The van der Waals surface area contributed by atoms with E-state index in [1.54, 1.807) is 0 Å². The number of benzene rings is 1. The molecule has 0 aliphatic carbocycles. The summed E-state index contributed by atoms with van der Waals surface area (Å²) in [6.07, 6.45) is 4.96. The van der Waals surface area contributed by atoms with E-state index in [4.69, 9.17) is 0 Å². The summed E-state index contributed by atoms with van der Waals surface area (Å²) in [6.45, 7) is 3.01. The van der Waals surface area contributed by atoms with Gasteiger partial charge in [-0.2, -0.15) is 0 Å². The highest BCUT2D eigenvalue weighted by Gasteiger charge is 2.21. The van der Waals surface area contributed by atoms with Gasteiger partial charge < -0.3 is 4.90 Å². The summed E-state index contributed by atoms with van der Waals surface area (Å²) in [5, 5.41) is 0. The average Bonchev–Trinajstić information content (AvgIpc) is 2.35. The van der Waals surface area contributed by atoms with Gasteiger partial charge in [0, 0.05) is 18.7 Å². The third kappa shape index (κ3) is 2.26. The minimum atomic E-state index is 0.286. The van der Waals surface area contributed by atoms with Crippen molar-refractivity contribution in [3.8, 4) is 0 Å². The summed E-state index contributed by atoms with van der Waals surface area (Å²) in [4.78, 5) is 14.0. The van der Waals surface area contributed by atoms with Gasteiger partial charge in [-0.1, -0.05) is 31.5 Å². The maximum atomic E-state index is 12.0. The topological polar surface area (TPSA) is 20.3 Å². The summed E-state index contributed by atoms with van der Waals surface area (Å²) in [6, 6.07) is 8.27. The van der Waals surface area contributed by atoms with Crippen LogP contribution in [0, 0.1) is 0 Å². The molecule has 0 saturated heterocycles. The molecule has 2 nitrogen and oxygen atoms in total. The van der Waals surface area contributed by atoms with Crippen LogP contribution in [0.1, 0.15) is 38.2 Å². The molecule has 86 valence electrons. The third-order valence-electron chi connectivity index (χ3n) is 3.16. The Morgan fingerprint density at radius 2 is 2.19 bits per heavy atom. The Kier molecular flexibility index (Phi) is 3.60. The first-order chi connectivity index (χ1) is 7.83. The minimum absolute atomic E-state index is 0.286. The van der Waals surface area contributed by atoms with Crippen molar-refractivity contribution in [2.24, 2.45) is 0 Å². The van der Waals surface area contributed by atoms with Gasteiger partial charge in [0.2, 0.25) is 5.91 Å². The number of hydrogen-bond acceptors (Lipinski definition) is 1. The zero-order chi connectivity index (χ0) is 11.4. The van der Waals surface area contributed by atoms with E-state index in [0.29, 0.717) is 6.42 Å². The second-order valence-electron chi connectivity index (χ2n) is 4.38. The fourth-order valence-electron chi connectivity index (χ4n) is 2.26. The molecule has 0 radical (unpaired) electrons. The standard InChI is InChI=1S/C14H19NO/c1-2-3-10-14(16)15-11-6-8-12-7-4-5-9-13(12)15/h4-5,7,9H,2-3,6,8,10-11H2,1H3. The van der Waals surface area contributed by atoms with Gasteiger partial charge in [-0.05, 0) is 30.9 Å². The highest BCUT2D eigenvalue weighted by atomic mass is 16.2. The third-order valence-corrected chi connectivity index (χ3v) is 3.16. The molecule has 1 amide bonds. The van der Waals surface area contributed by atoms with Crippen molar-refractivity contribution < 1.29 is 4.79 Å². The summed E-state index contributed by atoms with van der Waals surface area (Å²) in [5.74, 6) is 0.286. The molecule has 2 heteroatoms. The first-order valence-electron chi connectivity index (χ1n) is 6.21. The van der Waals surface area contributed by atoms with Crippen molar-refractivity contribution in [2.45, 2.75) is 39.0 Å². The van der Waals surface area contributed by atoms with Crippen LogP contribution >= 0.6 is 0 Å². The number of hydrogen-bond donors (Lipinski definition) is 0. The van der Waals surface area contributed by atoms with E-state index >= 15 is 0 Å². The van der Waals surface area contributed by atoms with Gasteiger partial charge >= 0.3 is 0 Å². The molecule has 0 fully saturated rings. The van der Waals surface area contributed by atoms with E-state index in [1.165, 1.54) is 5.56 Å². The Morgan fingerprint density at radius 1 is 1.38 bits per heavy atom. The molecule has 1 aromatic carbocycles. The van der Waals surface area contributed by atoms with Gasteiger partial charge in [-0.15, -0.1) is 0 Å². The fraction of sp³-hybridized carbons (Fsp3) is 0.500. The highest BCUT2D eigenvalue weighted by Crippen LogP contribution is 2.27. The SMILES string of the molecule is CCCCC(=O)N1CCCc2ccccc21. The second-order valence-corrected chi connectivity index (χ2v) is 4.38. The molecule has 1 aliphatic heterocycles. The summed E-state index contributed by atoms with van der Waals surface area (Å²) >= 11 is 0. The van der Waals surface area contributed by atoms with E-state index in [2.05, 4.69) is 25.1 Å². The lowest BCUT2D eigenvalue weighted by atomic mass is 10.0. The number of carbonyl (C=O) groups excluding carboxylic acids is 1. The van der Waals surface area contributed by atoms with Crippen molar-refractivity contribution in [1.29, 1.82) is 0 Å². The monoisotopic (exact) mass is 217 g/mol. The highest BCUT2D eigenvalue weighted by molar-refractivity contribution is 5.94. The summed E-state index contributed by atoms with van der Waals surface area (Å²) in [7, 11) is 0. The van der Waals surface area contributed by atoms with E-state index in [-0.39, 0.29) is 5.91 Å². The maximum Gasteiger partial charge on any atom is 0.226 e. The van der Waals surface area contributed by atoms with Crippen molar-refractivity contribution >= 4 is 11.6 Å². The number of nitrogens with zero attached hydrogens (tertiary/aromatic N) is 1. The lowest BCUT2D eigenvalue weighted by Crippen LogP contribution is -2.35. The molecule has 2 rings (SSSR count). The Hall–Kier alpha value is -1.31. The zero-order valence-electron chi connectivity index (χ0n) is 9.91. The van der Waals surface area contributed by atoms with Crippen LogP contribution < -0.4 is 4.90 Å². The van der Waals surface area contributed by atoms with Crippen LogP contribution in [0.2, 0.25) is 0 Å². The van der Waals surface area contributed by atoms with Gasteiger partial charge in [0.15, 0.2) is 0 Å². The number of unbranched alkanes of at least 4 members (excludes halogenated alkanes) is 1. The molecule has 0 N–H and O–H groups in total. The second kappa shape index (κ2) is 5.15. The van der Waals surface area contributed by atoms with Crippen LogP contribution in [0.3, 0.4) is 0 Å².